The summed E-state index contributed by atoms with van der Waals surface area (Å²) in [6.45, 7) is 22.3. The highest BCUT2D eigenvalue weighted by Crippen LogP contribution is 2.54. The predicted molar refractivity (Wildman–Crippen MR) is 442 cm³/mol. The minimum Gasteiger partial charge on any atom is -0.497 e. The van der Waals surface area contributed by atoms with E-state index in [0.29, 0.717) is 46.8 Å². The summed E-state index contributed by atoms with van der Waals surface area (Å²) in [5.41, 5.74) is 9.31. The normalized spacial score (nSPS) is 18.6. The van der Waals surface area contributed by atoms with E-state index in [1.165, 1.54) is 12.7 Å². The number of nitrogens with one attached hydrogen (secondary N) is 2. The molecule has 13 rings (SSSR count). The minimum absolute atomic E-state index is 0.147. The molecule has 28 heteroatoms. The van der Waals surface area contributed by atoms with E-state index in [-0.39, 0.29) is 75.5 Å². The molecule has 2 N–H and O–H groups in total. The lowest BCUT2D eigenvalue weighted by atomic mass is 9.73. The number of hydrogen-bond acceptors (Lipinski definition) is 22. The number of aliphatic imine (C=N–C) groups is 2. The van der Waals surface area contributed by atoms with E-state index in [2.05, 4.69) is 253 Å². The van der Waals surface area contributed by atoms with Crippen molar-refractivity contribution in [3.63, 3.8) is 0 Å². The lowest BCUT2D eigenvalue weighted by Crippen LogP contribution is -2.54. The smallest absolute Gasteiger partial charge is 0.259 e. The molecule has 0 spiro atoms. The summed E-state index contributed by atoms with van der Waals surface area (Å²) in [5, 5.41) is 27.1. The molecule has 2 saturated heterocycles. The number of imidazole rings is 2. The number of rotatable bonds is 33. The Kier molecular flexibility index (Phi) is 27.9. The van der Waals surface area contributed by atoms with E-state index in [1.54, 1.807) is 32.4 Å². The van der Waals surface area contributed by atoms with Crippen LogP contribution in [-0.4, -0.2) is 181 Å². The summed E-state index contributed by atoms with van der Waals surface area (Å²) in [4.78, 5) is 40.4. The van der Waals surface area contributed by atoms with E-state index in [0.717, 1.165) is 61.8 Å². The second-order valence-corrected chi connectivity index (χ2v) is 32.7. The van der Waals surface area contributed by atoms with Crippen LogP contribution in [0.5, 0.6) is 17.2 Å². The SMILES string of the molecule is COc1ccc(C(N[C@H]2C[C@H](n3cnc4c(N=CN(C)C)ncnc43)O[C@@H]2COP(OCCC#N)N(C(C)C)C(C)C)(c2ccccc2)c2ccccc2)cc1.Cc1ccc2c(c1)C(N[C@H]1C[C@H](n3cnc4c(N=CN(C)C)ncnc43)O[C@@H]1COP(OCCC#N)N(C(C)C)C(C)C)(c1ccccc1)c1cc(C)ccc1O2. The average Bonchev–Trinajstić information content (AvgIpc) is 1.27. The van der Waals surface area contributed by atoms with Crippen molar-refractivity contribution in [3.8, 4) is 29.4 Å². The summed E-state index contributed by atoms with van der Waals surface area (Å²) in [6.07, 6.45) is 9.78. The third-order valence-electron chi connectivity index (χ3n) is 19.9. The van der Waals surface area contributed by atoms with E-state index in [4.69, 9.17) is 47.0 Å². The lowest BCUT2D eigenvalue weighted by Gasteiger charge is -2.44. The summed E-state index contributed by atoms with van der Waals surface area (Å²) in [7, 11) is 6.25. The number of benzene rings is 6. The molecule has 0 amide bonds. The van der Waals surface area contributed by atoms with Gasteiger partial charge in [0.1, 0.15) is 47.9 Å². The molecular weight excluding hydrogens is 1460 g/mol. The number of ether oxygens (including phenoxy) is 4. The number of hydrogen-bond donors (Lipinski definition) is 2. The van der Waals surface area contributed by atoms with Crippen molar-refractivity contribution < 1.29 is 37.0 Å². The molecule has 0 saturated carbocycles. The van der Waals surface area contributed by atoms with Crippen LogP contribution in [0.25, 0.3) is 22.3 Å². The van der Waals surface area contributed by atoms with Gasteiger partial charge in [0.2, 0.25) is 0 Å². The Balaban J connectivity index is 0.000000209. The first-order valence-electron chi connectivity index (χ1n) is 38.4. The molecule has 3 aliphatic rings. The Hall–Kier alpha value is -9.60. The maximum Gasteiger partial charge on any atom is 0.259 e. The largest absolute Gasteiger partial charge is 0.497 e. The van der Waals surface area contributed by atoms with E-state index >= 15 is 0 Å². The van der Waals surface area contributed by atoms with Crippen LogP contribution in [0, 0.1) is 36.5 Å². The summed E-state index contributed by atoms with van der Waals surface area (Å²) < 4.78 is 61.0. The Labute approximate surface area is 666 Å². The number of nitriles is 2. The minimum atomic E-state index is -1.53. The summed E-state index contributed by atoms with van der Waals surface area (Å²) >= 11 is 0. The Morgan fingerprint density at radius 2 is 0.982 bits per heavy atom. The molecule has 0 bridgehead atoms. The molecule has 6 aromatic carbocycles. The van der Waals surface area contributed by atoms with Crippen molar-refractivity contribution in [1.82, 2.24) is 68.8 Å². The number of fused-ring (bicyclic) bond motifs is 4. The van der Waals surface area contributed by atoms with Gasteiger partial charge in [0.25, 0.3) is 17.1 Å². The van der Waals surface area contributed by atoms with Gasteiger partial charge in [-0.1, -0.05) is 126 Å². The molecule has 0 radical (unpaired) electrons. The first-order chi connectivity index (χ1) is 54.6. The summed E-state index contributed by atoms with van der Waals surface area (Å²) in [5.74, 6) is 3.31. The predicted octanol–water partition coefficient (Wildman–Crippen LogP) is 15.9. The highest BCUT2D eigenvalue weighted by Gasteiger charge is 2.51. The van der Waals surface area contributed by atoms with Gasteiger partial charge in [-0.2, -0.15) is 10.5 Å². The molecule has 7 heterocycles. The van der Waals surface area contributed by atoms with Crippen LogP contribution in [0.2, 0.25) is 0 Å². The van der Waals surface area contributed by atoms with Crippen molar-refractivity contribution in [3.05, 3.63) is 221 Å². The van der Waals surface area contributed by atoms with Gasteiger partial charge in [-0.25, -0.2) is 49.2 Å². The van der Waals surface area contributed by atoms with Gasteiger partial charge >= 0.3 is 0 Å². The van der Waals surface area contributed by atoms with Crippen molar-refractivity contribution in [2.45, 2.75) is 167 Å². The fourth-order valence-electron chi connectivity index (χ4n) is 15.0. The van der Waals surface area contributed by atoms with Gasteiger partial charge in [-0.15, -0.1) is 0 Å². The highest BCUT2D eigenvalue weighted by atomic mass is 31.2. The third kappa shape index (κ3) is 18.8. The van der Waals surface area contributed by atoms with Gasteiger partial charge in [-0.05, 0) is 128 Å². The quantitative estimate of drug-likeness (QED) is 0.0127. The van der Waals surface area contributed by atoms with Crippen molar-refractivity contribution in [2.75, 3.05) is 61.7 Å². The van der Waals surface area contributed by atoms with Gasteiger partial charge in [0.05, 0.1) is 102 Å². The van der Waals surface area contributed by atoms with Crippen LogP contribution in [0.3, 0.4) is 0 Å². The monoisotopic (exact) mass is 1570 g/mol. The standard InChI is InChI=1S/C43H52N9O4P.C42H52N9O4P/c1-28(2)52(29(3)4)57(53-20-12-19-44)54-24-38-35(23-39(56-38)51-27-47-40-41(48-26-50(7)8)45-25-46-42(40)51)49-43(32-13-10-9-11-14-32)33-21-30(5)15-17-36(33)55-37-18-16-31(6)22-34(37)43;1-30(2)51(31(3)4)56(53-24-14-23-43)54-26-37-36(25-38(55-37)50-29-46-39-40(47-28-49(5)6)44-27-45-41(39)50)48-42(32-15-10-8-11-16-32,33-17-12-9-13-18-33)34-19-21-35(52-7)22-20-34/h9-11,13-18,21-22,25-29,35,38-39,49H,12,20,23-24H2,1-8H3;8-13,15-22,27-31,36-38,48H,14,24-26H2,1-7H3/t35-,38+,39+,57?;36-,37+,38+,56?/m00/s1. The van der Waals surface area contributed by atoms with E-state index in [1.807, 2.05) is 77.5 Å². The van der Waals surface area contributed by atoms with Gasteiger partial charge in [0, 0.05) is 88.4 Å². The third-order valence-corrected chi connectivity index (χ3v) is 24.0. The fourth-order valence-corrected chi connectivity index (χ4v) is 18.3. The maximum absolute atomic E-state index is 9.35. The number of aryl methyl sites for hydroxylation is 2. The van der Waals surface area contributed by atoms with Gasteiger partial charge < -0.3 is 46.8 Å². The molecule has 26 nitrogen and oxygen atoms in total. The van der Waals surface area contributed by atoms with Crippen LogP contribution in [-0.2, 0) is 38.6 Å². The van der Waals surface area contributed by atoms with E-state index in [9.17, 15) is 10.5 Å². The molecule has 113 heavy (non-hydrogen) atoms. The molecular formula is C85H104N18O8P2. The maximum atomic E-state index is 9.35. The second-order valence-electron chi connectivity index (χ2n) is 29.8. The first-order valence-corrected chi connectivity index (χ1v) is 40.7. The van der Waals surface area contributed by atoms with Gasteiger partial charge in [-0.3, -0.25) is 19.8 Å². The molecule has 0 aliphatic carbocycles. The summed E-state index contributed by atoms with van der Waals surface area (Å²) in [6, 6.07) is 57.0. The van der Waals surface area contributed by atoms with E-state index < -0.39 is 52.8 Å². The van der Waals surface area contributed by atoms with Gasteiger partial charge in [0.15, 0.2) is 34.0 Å². The molecule has 2 fully saturated rings. The second kappa shape index (κ2) is 38.0. The number of methoxy groups -OCH3 is 1. The van der Waals surface area contributed by atoms with Crippen LogP contribution < -0.4 is 20.1 Å². The lowest BCUT2D eigenvalue weighted by molar-refractivity contribution is -0.0243. The van der Waals surface area contributed by atoms with Crippen molar-refractivity contribution >= 4 is 63.7 Å². The zero-order valence-corrected chi connectivity index (χ0v) is 68.9. The van der Waals surface area contributed by atoms with Crippen LogP contribution in [0.4, 0.5) is 11.6 Å². The molecule has 4 aromatic heterocycles. The van der Waals surface area contributed by atoms with Crippen LogP contribution in [0.15, 0.2) is 187 Å². The molecule has 3 aliphatic heterocycles. The Morgan fingerprint density at radius 3 is 1.41 bits per heavy atom. The molecule has 592 valence electrons. The van der Waals surface area contributed by atoms with Crippen molar-refractivity contribution in [1.29, 1.82) is 10.5 Å². The van der Waals surface area contributed by atoms with Crippen LogP contribution >= 0.6 is 17.1 Å². The number of aromatic nitrogens is 8. The first kappa shape index (κ1) is 82.8. The highest BCUT2D eigenvalue weighted by molar-refractivity contribution is 7.44. The zero-order valence-electron chi connectivity index (χ0n) is 67.1. The number of nitrogens with zero attached hydrogens (tertiary/aromatic N) is 16. The van der Waals surface area contributed by atoms with Crippen molar-refractivity contribution in [2.24, 2.45) is 9.98 Å². The zero-order chi connectivity index (χ0) is 79.9. The molecule has 10 aromatic rings. The molecule has 2 unspecified atom stereocenters. The van der Waals surface area contributed by atoms with Crippen LogP contribution in [0.1, 0.15) is 138 Å². The Morgan fingerprint density at radius 1 is 0.558 bits per heavy atom. The molecule has 8 atom stereocenters. The Bertz CT molecular complexity index is 4800. The average molecular weight is 1570 g/mol. The fraction of sp³-hybridized carbons (Fsp3) is 0.412. The topological polar surface area (TPSA) is 270 Å².